The summed E-state index contributed by atoms with van der Waals surface area (Å²) in [6, 6.07) is 13.9. The van der Waals surface area contributed by atoms with Gasteiger partial charge in [-0.05, 0) is 18.2 Å². The summed E-state index contributed by atoms with van der Waals surface area (Å²) in [5.41, 5.74) is 3.75. The van der Waals surface area contributed by atoms with Gasteiger partial charge in [0.15, 0.2) is 0 Å². The summed E-state index contributed by atoms with van der Waals surface area (Å²) in [6.45, 7) is 2.24. The van der Waals surface area contributed by atoms with E-state index in [0.29, 0.717) is 12.4 Å². The lowest BCUT2D eigenvalue weighted by atomic mass is 10.2. The minimum absolute atomic E-state index is 0.652. The average molecular weight is 256 g/mol. The van der Waals surface area contributed by atoms with Crippen molar-refractivity contribution >= 4 is 11.6 Å². The first-order valence-corrected chi connectivity index (χ1v) is 6.26. The van der Waals surface area contributed by atoms with Crippen LogP contribution in [-0.2, 0) is 6.54 Å². The number of fused-ring (bicyclic) bond motifs is 1. The van der Waals surface area contributed by atoms with Crippen LogP contribution in [0.2, 0.25) is 0 Å². The van der Waals surface area contributed by atoms with Gasteiger partial charge in [-0.3, -0.25) is 0 Å². The quantitative estimate of drug-likeness (QED) is 0.633. The summed E-state index contributed by atoms with van der Waals surface area (Å²) in [7, 11) is 0. The molecule has 2 heterocycles. The van der Waals surface area contributed by atoms with E-state index in [-0.39, 0.29) is 0 Å². The number of hydrogen-bond acceptors (Lipinski definition) is 5. The van der Waals surface area contributed by atoms with Gasteiger partial charge < -0.3 is 15.1 Å². The van der Waals surface area contributed by atoms with Crippen LogP contribution in [0.15, 0.2) is 42.5 Å². The van der Waals surface area contributed by atoms with Crippen LogP contribution in [0.5, 0.6) is 5.75 Å². The van der Waals surface area contributed by atoms with Gasteiger partial charge in [-0.2, -0.15) is 0 Å². The number of para-hydroxylation sites is 1. The van der Waals surface area contributed by atoms with Crippen LogP contribution in [0.1, 0.15) is 5.56 Å². The summed E-state index contributed by atoms with van der Waals surface area (Å²) >= 11 is 0. The van der Waals surface area contributed by atoms with Crippen molar-refractivity contribution < 1.29 is 4.74 Å². The van der Waals surface area contributed by atoms with Crippen LogP contribution >= 0.6 is 0 Å². The Kier molecular flexibility index (Phi) is 3.20. The molecular formula is C14H16N4O. The Morgan fingerprint density at radius 3 is 2.95 bits per heavy atom. The van der Waals surface area contributed by atoms with Crippen molar-refractivity contribution in [1.29, 1.82) is 0 Å². The number of nitrogens with one attached hydrogen (secondary N) is 1. The molecule has 0 aliphatic carbocycles. The Morgan fingerprint density at radius 1 is 1.16 bits per heavy atom. The lowest BCUT2D eigenvalue weighted by Gasteiger charge is -2.21. The minimum atomic E-state index is 0.652. The third-order valence-corrected chi connectivity index (χ3v) is 3.16. The zero-order valence-electron chi connectivity index (χ0n) is 10.5. The highest BCUT2D eigenvalue weighted by molar-refractivity contribution is 5.48. The molecule has 0 unspecified atom stereocenters. The molecule has 1 aromatic heterocycles. The predicted molar refractivity (Wildman–Crippen MR) is 75.0 cm³/mol. The van der Waals surface area contributed by atoms with Gasteiger partial charge >= 0.3 is 0 Å². The van der Waals surface area contributed by atoms with Crippen molar-refractivity contribution in [1.82, 2.24) is 4.98 Å². The van der Waals surface area contributed by atoms with Gasteiger partial charge in [0.2, 0.25) is 0 Å². The SMILES string of the molecule is NNc1cccc(N2CCOc3ccccc3C2)n1. The predicted octanol–water partition coefficient (Wildman–Crippen LogP) is 1.77. The van der Waals surface area contributed by atoms with Crippen LogP contribution in [-0.4, -0.2) is 18.1 Å². The number of hydrogen-bond donors (Lipinski definition) is 2. The normalized spacial score (nSPS) is 14.3. The van der Waals surface area contributed by atoms with Gasteiger partial charge in [0.05, 0.1) is 6.54 Å². The smallest absolute Gasteiger partial charge is 0.142 e. The molecule has 0 bridgehead atoms. The van der Waals surface area contributed by atoms with Gasteiger partial charge in [-0.15, -0.1) is 0 Å². The van der Waals surface area contributed by atoms with E-state index < -0.39 is 0 Å². The molecule has 3 rings (SSSR count). The van der Waals surface area contributed by atoms with E-state index in [0.717, 1.165) is 24.7 Å². The topological polar surface area (TPSA) is 63.4 Å². The van der Waals surface area contributed by atoms with Crippen LogP contribution in [0.25, 0.3) is 0 Å². The number of ether oxygens (including phenoxy) is 1. The van der Waals surface area contributed by atoms with E-state index in [1.807, 2.05) is 36.4 Å². The maximum atomic E-state index is 5.75. The molecule has 1 aliphatic rings. The Bertz CT molecular complexity index is 573. The molecule has 2 aromatic rings. The number of nitrogen functional groups attached to an aromatic ring is 1. The van der Waals surface area contributed by atoms with Crippen molar-refractivity contribution in [3.63, 3.8) is 0 Å². The molecule has 1 aromatic carbocycles. The first kappa shape index (κ1) is 11.8. The number of pyridine rings is 1. The second kappa shape index (κ2) is 5.16. The number of rotatable bonds is 2. The zero-order chi connectivity index (χ0) is 13.1. The van der Waals surface area contributed by atoms with E-state index >= 15 is 0 Å². The second-order valence-corrected chi connectivity index (χ2v) is 4.40. The second-order valence-electron chi connectivity index (χ2n) is 4.40. The molecule has 0 spiro atoms. The fraction of sp³-hybridized carbons (Fsp3) is 0.214. The first-order chi connectivity index (χ1) is 9.36. The standard InChI is InChI=1S/C14H16N4O/c15-17-13-6-3-7-14(16-13)18-8-9-19-12-5-2-1-4-11(12)10-18/h1-7H,8-10,15H2,(H,16,17). The molecular weight excluding hydrogens is 240 g/mol. The van der Waals surface area contributed by atoms with Crippen molar-refractivity contribution in [2.75, 3.05) is 23.5 Å². The Labute approximate surface area is 112 Å². The Balaban J connectivity index is 1.89. The zero-order valence-corrected chi connectivity index (χ0v) is 10.5. The lowest BCUT2D eigenvalue weighted by molar-refractivity contribution is 0.331. The number of anilines is 2. The van der Waals surface area contributed by atoms with Crippen molar-refractivity contribution in [2.24, 2.45) is 5.84 Å². The molecule has 0 radical (unpaired) electrons. The summed E-state index contributed by atoms with van der Waals surface area (Å²) in [4.78, 5) is 6.65. The third-order valence-electron chi connectivity index (χ3n) is 3.16. The first-order valence-electron chi connectivity index (χ1n) is 6.26. The highest BCUT2D eigenvalue weighted by Crippen LogP contribution is 2.25. The average Bonchev–Trinajstić information content (AvgIpc) is 2.69. The lowest BCUT2D eigenvalue weighted by Crippen LogP contribution is -2.26. The summed E-state index contributed by atoms with van der Waals surface area (Å²) in [5, 5.41) is 0. The molecule has 98 valence electrons. The number of benzene rings is 1. The van der Waals surface area contributed by atoms with Crippen LogP contribution in [0, 0.1) is 0 Å². The number of nitrogens with zero attached hydrogens (tertiary/aromatic N) is 2. The highest BCUT2D eigenvalue weighted by atomic mass is 16.5. The monoisotopic (exact) mass is 256 g/mol. The van der Waals surface area contributed by atoms with E-state index in [9.17, 15) is 0 Å². The molecule has 19 heavy (non-hydrogen) atoms. The van der Waals surface area contributed by atoms with Crippen molar-refractivity contribution in [3.8, 4) is 5.75 Å². The fourth-order valence-electron chi connectivity index (χ4n) is 2.20. The van der Waals surface area contributed by atoms with Crippen molar-refractivity contribution in [3.05, 3.63) is 48.0 Å². The molecule has 0 atom stereocenters. The largest absolute Gasteiger partial charge is 0.491 e. The van der Waals surface area contributed by atoms with E-state index in [4.69, 9.17) is 10.6 Å². The van der Waals surface area contributed by atoms with Gasteiger partial charge in [0.25, 0.3) is 0 Å². The molecule has 0 saturated carbocycles. The maximum Gasteiger partial charge on any atom is 0.142 e. The highest BCUT2D eigenvalue weighted by Gasteiger charge is 2.16. The van der Waals surface area contributed by atoms with Crippen LogP contribution in [0.4, 0.5) is 11.6 Å². The number of aromatic nitrogens is 1. The minimum Gasteiger partial charge on any atom is -0.491 e. The molecule has 5 heteroatoms. The molecule has 3 N–H and O–H groups in total. The van der Waals surface area contributed by atoms with Gasteiger partial charge in [0, 0.05) is 12.1 Å². The molecule has 0 fully saturated rings. The molecule has 5 nitrogen and oxygen atoms in total. The Hall–Kier alpha value is -2.27. The molecule has 0 amide bonds. The number of nitrogens with two attached hydrogens (primary N) is 1. The van der Waals surface area contributed by atoms with Crippen LogP contribution < -0.4 is 20.9 Å². The summed E-state index contributed by atoms with van der Waals surface area (Å²) in [5.74, 6) is 7.92. The van der Waals surface area contributed by atoms with Gasteiger partial charge in [-0.25, -0.2) is 10.8 Å². The van der Waals surface area contributed by atoms with Crippen LogP contribution in [0.3, 0.4) is 0 Å². The van der Waals surface area contributed by atoms with Crippen molar-refractivity contribution in [2.45, 2.75) is 6.54 Å². The maximum absolute atomic E-state index is 5.75. The van der Waals surface area contributed by atoms with Gasteiger partial charge in [0.1, 0.15) is 24.0 Å². The molecule has 1 aliphatic heterocycles. The van der Waals surface area contributed by atoms with E-state index in [1.54, 1.807) is 0 Å². The summed E-state index contributed by atoms with van der Waals surface area (Å²) in [6.07, 6.45) is 0. The van der Waals surface area contributed by atoms with E-state index in [2.05, 4.69) is 21.4 Å². The van der Waals surface area contributed by atoms with Gasteiger partial charge in [-0.1, -0.05) is 24.3 Å². The fourth-order valence-corrected chi connectivity index (χ4v) is 2.20. The summed E-state index contributed by atoms with van der Waals surface area (Å²) < 4.78 is 5.75. The van der Waals surface area contributed by atoms with E-state index in [1.165, 1.54) is 5.56 Å². The Morgan fingerprint density at radius 2 is 2.05 bits per heavy atom. The number of hydrazine groups is 1. The molecule has 0 saturated heterocycles. The third kappa shape index (κ3) is 2.46.